The minimum Gasteiger partial charge on any atom is -0.445 e. The second-order valence-electron chi connectivity index (χ2n) is 7.31. The average Bonchev–Trinajstić information content (AvgIpc) is 3.36. The molecule has 1 aliphatic heterocycles. The fourth-order valence-corrected chi connectivity index (χ4v) is 3.43. The van der Waals surface area contributed by atoms with Gasteiger partial charge in [0.15, 0.2) is 0 Å². The number of ether oxygens (including phenoxy) is 1. The van der Waals surface area contributed by atoms with Crippen molar-refractivity contribution in [3.05, 3.63) is 71.9 Å². The van der Waals surface area contributed by atoms with Crippen molar-refractivity contribution >= 4 is 34.8 Å². The van der Waals surface area contributed by atoms with Crippen molar-refractivity contribution in [2.75, 3.05) is 0 Å². The smallest absolute Gasteiger partial charge is 0.408 e. The Morgan fingerprint density at radius 1 is 1.00 bits per heavy atom. The Morgan fingerprint density at radius 2 is 1.69 bits per heavy atom. The van der Waals surface area contributed by atoms with E-state index in [9.17, 15) is 19.2 Å². The maximum absolute atomic E-state index is 12.8. The van der Waals surface area contributed by atoms with Gasteiger partial charge in [-0.2, -0.15) is 0 Å². The van der Waals surface area contributed by atoms with E-state index in [2.05, 4.69) is 10.3 Å². The molecule has 0 unspecified atom stereocenters. The highest BCUT2D eigenvalue weighted by molar-refractivity contribution is 6.02. The van der Waals surface area contributed by atoms with Gasteiger partial charge in [-0.25, -0.2) is 9.59 Å². The summed E-state index contributed by atoms with van der Waals surface area (Å²) in [5.41, 5.74) is 2.41. The quantitative estimate of drug-likeness (QED) is 0.551. The van der Waals surface area contributed by atoms with Gasteiger partial charge in [0.1, 0.15) is 12.6 Å². The monoisotopic (exact) mass is 435 g/mol. The van der Waals surface area contributed by atoms with Crippen molar-refractivity contribution in [2.24, 2.45) is 0 Å². The topological polar surface area (TPSA) is 118 Å². The Labute approximate surface area is 183 Å². The molecule has 1 atom stereocenters. The third-order valence-corrected chi connectivity index (χ3v) is 5.08. The molecule has 2 heterocycles. The Morgan fingerprint density at radius 3 is 2.44 bits per heavy atom. The van der Waals surface area contributed by atoms with Crippen LogP contribution in [0.3, 0.4) is 0 Å². The predicted molar refractivity (Wildman–Crippen MR) is 113 cm³/mol. The van der Waals surface area contributed by atoms with Crippen molar-refractivity contribution in [3.63, 3.8) is 0 Å². The van der Waals surface area contributed by atoms with Crippen LogP contribution in [-0.2, 0) is 37.0 Å². The van der Waals surface area contributed by atoms with E-state index in [0.29, 0.717) is 5.06 Å². The van der Waals surface area contributed by atoms with Gasteiger partial charge in [0.2, 0.25) is 0 Å². The average molecular weight is 435 g/mol. The molecule has 0 radical (unpaired) electrons. The number of H-pyrrole nitrogens is 1. The molecule has 1 fully saturated rings. The maximum Gasteiger partial charge on any atom is 0.408 e. The number of carbonyl (C=O) groups excluding carboxylic acids is 4. The van der Waals surface area contributed by atoms with E-state index in [-0.39, 0.29) is 25.9 Å². The number of rotatable bonds is 7. The second kappa shape index (κ2) is 9.34. The van der Waals surface area contributed by atoms with Crippen molar-refractivity contribution in [1.29, 1.82) is 0 Å². The van der Waals surface area contributed by atoms with Crippen LogP contribution in [0.2, 0.25) is 0 Å². The SMILES string of the molecule is O=C(N[C@H](Cc1c[nH]c2ccccc12)C(=O)ON1C(=O)CCC1=O)OCc1ccccc1. The summed E-state index contributed by atoms with van der Waals surface area (Å²) in [4.78, 5) is 57.0. The van der Waals surface area contributed by atoms with Crippen LogP contribution in [0, 0.1) is 0 Å². The number of nitrogens with zero attached hydrogens (tertiary/aromatic N) is 1. The first-order chi connectivity index (χ1) is 15.5. The number of amides is 3. The number of carbonyl (C=O) groups is 4. The number of para-hydroxylation sites is 1. The maximum atomic E-state index is 12.8. The molecule has 32 heavy (non-hydrogen) atoms. The lowest BCUT2D eigenvalue weighted by Gasteiger charge is -2.20. The first kappa shape index (κ1) is 21.1. The lowest BCUT2D eigenvalue weighted by Crippen LogP contribution is -2.46. The molecule has 0 spiro atoms. The van der Waals surface area contributed by atoms with Gasteiger partial charge in [-0.15, -0.1) is 5.06 Å². The van der Waals surface area contributed by atoms with Gasteiger partial charge in [0.05, 0.1) is 0 Å². The van der Waals surface area contributed by atoms with Gasteiger partial charge >= 0.3 is 12.1 Å². The van der Waals surface area contributed by atoms with Crippen LogP contribution in [0.25, 0.3) is 10.9 Å². The summed E-state index contributed by atoms with van der Waals surface area (Å²) in [5, 5.41) is 3.83. The zero-order chi connectivity index (χ0) is 22.5. The molecule has 0 bridgehead atoms. The van der Waals surface area contributed by atoms with Crippen LogP contribution in [0.5, 0.6) is 0 Å². The summed E-state index contributed by atoms with van der Waals surface area (Å²) in [6.45, 7) is 0.0185. The molecule has 3 aromatic rings. The molecule has 0 aliphatic carbocycles. The van der Waals surface area contributed by atoms with Crippen molar-refractivity contribution in [3.8, 4) is 0 Å². The molecule has 1 aliphatic rings. The fourth-order valence-electron chi connectivity index (χ4n) is 3.43. The lowest BCUT2D eigenvalue weighted by molar-refractivity contribution is -0.198. The predicted octanol–water partition coefficient (Wildman–Crippen LogP) is 2.61. The van der Waals surface area contributed by atoms with Gasteiger partial charge in [-0.05, 0) is 17.2 Å². The zero-order valence-corrected chi connectivity index (χ0v) is 17.1. The zero-order valence-electron chi connectivity index (χ0n) is 17.1. The van der Waals surface area contributed by atoms with Crippen LogP contribution in [-0.4, -0.2) is 40.0 Å². The first-order valence-electron chi connectivity index (χ1n) is 10.1. The number of hydrogen-bond acceptors (Lipinski definition) is 6. The standard InChI is InChI=1S/C23H21N3O6/c27-20-10-11-21(28)26(20)32-22(29)19(12-16-13-24-18-9-5-4-8-17(16)18)25-23(30)31-14-15-6-2-1-3-7-15/h1-9,13,19,24H,10-12,14H2,(H,25,30)/t19-/m1/s1. The molecule has 9 nitrogen and oxygen atoms in total. The molecular weight excluding hydrogens is 414 g/mol. The van der Waals surface area contributed by atoms with Crippen LogP contribution >= 0.6 is 0 Å². The van der Waals surface area contributed by atoms with E-state index < -0.39 is 29.9 Å². The van der Waals surface area contributed by atoms with Crippen molar-refractivity contribution in [2.45, 2.75) is 31.9 Å². The summed E-state index contributed by atoms with van der Waals surface area (Å²) in [6.07, 6.45) is 0.931. The minimum absolute atomic E-state index is 0.0185. The number of benzene rings is 2. The summed E-state index contributed by atoms with van der Waals surface area (Å²) in [7, 11) is 0. The third-order valence-electron chi connectivity index (χ3n) is 5.08. The van der Waals surface area contributed by atoms with Gasteiger partial charge < -0.3 is 19.9 Å². The second-order valence-corrected chi connectivity index (χ2v) is 7.31. The number of alkyl carbamates (subject to hydrolysis) is 1. The van der Waals surface area contributed by atoms with E-state index in [4.69, 9.17) is 9.57 Å². The van der Waals surface area contributed by atoms with Crippen LogP contribution in [0.15, 0.2) is 60.8 Å². The van der Waals surface area contributed by atoms with Crippen LogP contribution < -0.4 is 5.32 Å². The van der Waals surface area contributed by atoms with Crippen LogP contribution in [0.1, 0.15) is 24.0 Å². The normalized spacial score (nSPS) is 14.4. The summed E-state index contributed by atoms with van der Waals surface area (Å²) in [6, 6.07) is 15.4. The number of aromatic amines is 1. The number of imide groups is 1. The Bertz CT molecular complexity index is 1140. The van der Waals surface area contributed by atoms with Gasteiger partial charge in [0.25, 0.3) is 11.8 Å². The van der Waals surface area contributed by atoms with Gasteiger partial charge in [0, 0.05) is 36.4 Å². The molecule has 9 heteroatoms. The van der Waals surface area contributed by atoms with E-state index in [0.717, 1.165) is 22.0 Å². The fraction of sp³-hybridized carbons (Fsp3) is 0.217. The number of hydroxylamine groups is 2. The van der Waals surface area contributed by atoms with Crippen LogP contribution in [0.4, 0.5) is 4.79 Å². The van der Waals surface area contributed by atoms with E-state index in [1.165, 1.54) is 0 Å². The van der Waals surface area contributed by atoms with E-state index >= 15 is 0 Å². The summed E-state index contributed by atoms with van der Waals surface area (Å²) in [5.74, 6) is -2.13. The molecule has 164 valence electrons. The summed E-state index contributed by atoms with van der Waals surface area (Å²) >= 11 is 0. The Hall–Kier alpha value is -4.14. The Kier molecular flexibility index (Phi) is 6.16. The number of fused-ring (bicyclic) bond motifs is 1. The number of aromatic nitrogens is 1. The summed E-state index contributed by atoms with van der Waals surface area (Å²) < 4.78 is 5.21. The minimum atomic E-state index is -1.18. The molecule has 0 saturated carbocycles. The molecule has 1 saturated heterocycles. The van der Waals surface area contributed by atoms with Gasteiger partial charge in [-0.3, -0.25) is 9.59 Å². The highest BCUT2D eigenvalue weighted by Gasteiger charge is 2.35. The molecule has 2 N–H and O–H groups in total. The highest BCUT2D eigenvalue weighted by atomic mass is 16.7. The number of nitrogens with one attached hydrogen (secondary N) is 2. The molecule has 3 amide bonds. The largest absolute Gasteiger partial charge is 0.445 e. The molecule has 2 aromatic carbocycles. The van der Waals surface area contributed by atoms with Crippen molar-refractivity contribution in [1.82, 2.24) is 15.4 Å². The molecular formula is C23H21N3O6. The molecule has 4 rings (SSSR count). The first-order valence-corrected chi connectivity index (χ1v) is 10.1. The van der Waals surface area contributed by atoms with E-state index in [1.807, 2.05) is 42.5 Å². The third kappa shape index (κ3) is 4.77. The highest BCUT2D eigenvalue weighted by Crippen LogP contribution is 2.20. The Balaban J connectivity index is 1.48. The number of hydrogen-bond donors (Lipinski definition) is 2. The molecule has 1 aromatic heterocycles. The van der Waals surface area contributed by atoms with E-state index in [1.54, 1.807) is 18.3 Å². The lowest BCUT2D eigenvalue weighted by atomic mass is 10.1. The van der Waals surface area contributed by atoms with Gasteiger partial charge in [-0.1, -0.05) is 48.5 Å². The van der Waals surface area contributed by atoms with Crippen molar-refractivity contribution < 1.29 is 28.8 Å².